The Labute approximate surface area is 139 Å². The van der Waals surface area contributed by atoms with E-state index in [9.17, 15) is 0 Å². The van der Waals surface area contributed by atoms with Crippen molar-refractivity contribution in [2.75, 3.05) is 29.9 Å². The number of rotatable bonds is 5. The Morgan fingerprint density at radius 1 is 1.13 bits per heavy atom. The maximum Gasteiger partial charge on any atom is 0.224 e. The molecule has 2 aromatic rings. The van der Waals surface area contributed by atoms with Crippen molar-refractivity contribution in [2.45, 2.75) is 33.1 Å². The van der Waals surface area contributed by atoms with Gasteiger partial charge in [0, 0.05) is 31.4 Å². The molecule has 3 rings (SSSR count). The van der Waals surface area contributed by atoms with Crippen LogP contribution in [0, 0.1) is 12.8 Å². The molecule has 2 heterocycles. The third-order valence-electron chi connectivity index (χ3n) is 4.49. The van der Waals surface area contributed by atoms with Gasteiger partial charge in [0.15, 0.2) is 0 Å². The standard InChI is InChI=1S/C19H26N4/c1-15-9-12-23(13-10-15)18-14-16(2)21-19(22-18)20-11-8-17-6-4-3-5-7-17/h3-7,14-15H,8-13H2,1-2H3,(H,20,21,22). The molecular weight excluding hydrogens is 284 g/mol. The number of hydrogen-bond donors (Lipinski definition) is 1. The summed E-state index contributed by atoms with van der Waals surface area (Å²) in [5.41, 5.74) is 2.36. The molecule has 4 nitrogen and oxygen atoms in total. The van der Waals surface area contributed by atoms with Crippen LogP contribution in [0.15, 0.2) is 36.4 Å². The van der Waals surface area contributed by atoms with E-state index in [2.05, 4.69) is 52.5 Å². The molecule has 122 valence electrons. The third kappa shape index (κ3) is 4.44. The summed E-state index contributed by atoms with van der Waals surface area (Å²) in [6.45, 7) is 7.42. The Bertz CT molecular complexity index is 619. The molecule has 0 saturated carbocycles. The van der Waals surface area contributed by atoms with Gasteiger partial charge in [0.2, 0.25) is 5.95 Å². The maximum absolute atomic E-state index is 4.72. The first-order valence-electron chi connectivity index (χ1n) is 8.59. The lowest BCUT2D eigenvalue weighted by molar-refractivity contribution is 0.436. The molecule has 0 bridgehead atoms. The first kappa shape index (κ1) is 15.8. The van der Waals surface area contributed by atoms with Crippen LogP contribution in [0.25, 0.3) is 0 Å². The largest absolute Gasteiger partial charge is 0.356 e. The highest BCUT2D eigenvalue weighted by atomic mass is 15.2. The summed E-state index contributed by atoms with van der Waals surface area (Å²) in [5, 5.41) is 3.37. The molecule has 0 atom stereocenters. The van der Waals surface area contributed by atoms with E-state index < -0.39 is 0 Å². The van der Waals surface area contributed by atoms with Crippen LogP contribution in [0.1, 0.15) is 31.0 Å². The minimum atomic E-state index is 0.745. The minimum Gasteiger partial charge on any atom is -0.356 e. The zero-order valence-electron chi connectivity index (χ0n) is 14.1. The molecule has 23 heavy (non-hydrogen) atoms. The predicted octanol–water partition coefficient (Wildman–Crippen LogP) is 3.68. The van der Waals surface area contributed by atoms with Crippen molar-refractivity contribution in [2.24, 2.45) is 5.92 Å². The van der Waals surface area contributed by atoms with E-state index in [0.29, 0.717) is 0 Å². The van der Waals surface area contributed by atoms with Crippen molar-refractivity contribution < 1.29 is 0 Å². The van der Waals surface area contributed by atoms with Crippen LogP contribution in [-0.4, -0.2) is 29.6 Å². The maximum atomic E-state index is 4.72. The van der Waals surface area contributed by atoms with E-state index in [4.69, 9.17) is 4.98 Å². The van der Waals surface area contributed by atoms with Gasteiger partial charge in [0.25, 0.3) is 0 Å². The first-order valence-corrected chi connectivity index (χ1v) is 8.59. The van der Waals surface area contributed by atoms with Crippen LogP contribution in [0.4, 0.5) is 11.8 Å². The van der Waals surface area contributed by atoms with Gasteiger partial charge >= 0.3 is 0 Å². The summed E-state index contributed by atoms with van der Waals surface area (Å²) < 4.78 is 0. The normalized spacial score (nSPS) is 15.7. The fourth-order valence-electron chi connectivity index (χ4n) is 2.99. The number of nitrogens with zero attached hydrogens (tertiary/aromatic N) is 3. The van der Waals surface area contributed by atoms with E-state index in [1.165, 1.54) is 18.4 Å². The molecule has 1 saturated heterocycles. The van der Waals surface area contributed by atoms with Crippen LogP contribution in [-0.2, 0) is 6.42 Å². The summed E-state index contributed by atoms with van der Waals surface area (Å²) in [7, 11) is 0. The van der Waals surface area contributed by atoms with Gasteiger partial charge in [0.05, 0.1) is 0 Å². The van der Waals surface area contributed by atoms with E-state index in [-0.39, 0.29) is 0 Å². The van der Waals surface area contributed by atoms with Crippen molar-refractivity contribution in [1.29, 1.82) is 0 Å². The molecule has 4 heteroatoms. The fraction of sp³-hybridized carbons (Fsp3) is 0.474. The Morgan fingerprint density at radius 2 is 1.87 bits per heavy atom. The van der Waals surface area contributed by atoms with Crippen LogP contribution >= 0.6 is 0 Å². The number of hydrogen-bond acceptors (Lipinski definition) is 4. The topological polar surface area (TPSA) is 41.1 Å². The second-order valence-corrected chi connectivity index (χ2v) is 6.52. The molecule has 0 radical (unpaired) electrons. The highest BCUT2D eigenvalue weighted by Crippen LogP contribution is 2.22. The van der Waals surface area contributed by atoms with Gasteiger partial charge in [-0.3, -0.25) is 0 Å². The second-order valence-electron chi connectivity index (χ2n) is 6.52. The summed E-state index contributed by atoms with van der Waals surface area (Å²) in [5.74, 6) is 2.64. The first-order chi connectivity index (χ1) is 11.2. The van der Waals surface area contributed by atoms with Crippen LogP contribution in [0.3, 0.4) is 0 Å². The molecule has 0 spiro atoms. The summed E-state index contributed by atoms with van der Waals surface area (Å²) in [6.07, 6.45) is 3.48. The number of benzene rings is 1. The molecule has 1 aliphatic heterocycles. The van der Waals surface area contributed by atoms with Crippen LogP contribution in [0.5, 0.6) is 0 Å². The average molecular weight is 310 g/mol. The average Bonchev–Trinajstić information content (AvgIpc) is 2.56. The number of anilines is 2. The molecule has 0 amide bonds. The molecular formula is C19H26N4. The van der Waals surface area contributed by atoms with Gasteiger partial charge in [-0.2, -0.15) is 4.98 Å². The zero-order valence-corrected chi connectivity index (χ0v) is 14.1. The number of aromatic nitrogens is 2. The van der Waals surface area contributed by atoms with Gasteiger partial charge in [-0.05, 0) is 37.7 Å². The van der Waals surface area contributed by atoms with Gasteiger partial charge < -0.3 is 10.2 Å². The molecule has 1 N–H and O–H groups in total. The van der Waals surface area contributed by atoms with Crippen molar-refractivity contribution in [1.82, 2.24) is 9.97 Å². The molecule has 1 aromatic heterocycles. The van der Waals surface area contributed by atoms with Gasteiger partial charge in [0.1, 0.15) is 5.82 Å². The SMILES string of the molecule is Cc1cc(N2CCC(C)CC2)nc(NCCc2ccccc2)n1. The summed E-state index contributed by atoms with van der Waals surface area (Å²) in [4.78, 5) is 11.6. The van der Waals surface area contributed by atoms with E-state index in [0.717, 1.165) is 49.4 Å². The Balaban J connectivity index is 1.61. The van der Waals surface area contributed by atoms with Crippen molar-refractivity contribution >= 4 is 11.8 Å². The summed E-state index contributed by atoms with van der Waals surface area (Å²) >= 11 is 0. The van der Waals surface area contributed by atoms with Gasteiger partial charge in [-0.25, -0.2) is 4.98 Å². The second kappa shape index (κ2) is 7.44. The van der Waals surface area contributed by atoms with Crippen LogP contribution < -0.4 is 10.2 Å². The van der Waals surface area contributed by atoms with E-state index in [1.54, 1.807) is 0 Å². The van der Waals surface area contributed by atoms with E-state index >= 15 is 0 Å². The highest BCUT2D eigenvalue weighted by Gasteiger charge is 2.17. The molecule has 0 aliphatic carbocycles. The van der Waals surface area contributed by atoms with Crippen LogP contribution in [0.2, 0.25) is 0 Å². The smallest absolute Gasteiger partial charge is 0.224 e. The van der Waals surface area contributed by atoms with Gasteiger partial charge in [-0.1, -0.05) is 37.3 Å². The molecule has 1 aliphatic rings. The summed E-state index contributed by atoms with van der Waals surface area (Å²) in [6, 6.07) is 12.6. The quantitative estimate of drug-likeness (QED) is 0.915. The molecule has 1 aromatic carbocycles. The monoisotopic (exact) mass is 310 g/mol. The lowest BCUT2D eigenvalue weighted by Crippen LogP contribution is -2.33. The number of aryl methyl sites for hydroxylation is 1. The van der Waals surface area contributed by atoms with E-state index in [1.807, 2.05) is 13.0 Å². The highest BCUT2D eigenvalue weighted by molar-refractivity contribution is 5.45. The predicted molar refractivity (Wildman–Crippen MR) is 96.0 cm³/mol. The third-order valence-corrected chi connectivity index (χ3v) is 4.49. The Hall–Kier alpha value is -2.10. The van der Waals surface area contributed by atoms with Crippen molar-refractivity contribution in [3.8, 4) is 0 Å². The Kier molecular flexibility index (Phi) is 5.11. The van der Waals surface area contributed by atoms with Gasteiger partial charge in [-0.15, -0.1) is 0 Å². The fourth-order valence-corrected chi connectivity index (χ4v) is 2.99. The lowest BCUT2D eigenvalue weighted by atomic mass is 9.99. The van der Waals surface area contributed by atoms with Crippen molar-refractivity contribution in [3.05, 3.63) is 47.7 Å². The number of nitrogens with one attached hydrogen (secondary N) is 1. The molecule has 1 fully saturated rings. The number of piperidine rings is 1. The molecule has 0 unspecified atom stereocenters. The minimum absolute atomic E-state index is 0.745. The van der Waals surface area contributed by atoms with Crippen molar-refractivity contribution in [3.63, 3.8) is 0 Å². The Morgan fingerprint density at radius 3 is 2.61 bits per heavy atom. The zero-order chi connectivity index (χ0) is 16.1. The lowest BCUT2D eigenvalue weighted by Gasteiger charge is -2.31.